The Morgan fingerprint density at radius 3 is 2.37 bits per heavy atom. The van der Waals surface area contributed by atoms with Gasteiger partial charge in [0.25, 0.3) is 0 Å². The van der Waals surface area contributed by atoms with E-state index in [1.54, 1.807) is 24.3 Å². The van der Waals surface area contributed by atoms with Crippen LogP contribution in [-0.2, 0) is 20.6 Å². The minimum Gasteiger partial charge on any atom is -0.326 e. The first-order valence-corrected chi connectivity index (χ1v) is 11.4. The van der Waals surface area contributed by atoms with Gasteiger partial charge < -0.3 is 5.32 Å². The molecule has 3 rings (SSSR count). The fraction of sp³-hybridized carbons (Fsp3) is 0.316. The second-order valence-corrected chi connectivity index (χ2v) is 9.81. The van der Waals surface area contributed by atoms with Crippen LogP contribution in [0.2, 0.25) is 5.02 Å². The summed E-state index contributed by atoms with van der Waals surface area (Å²) in [5.41, 5.74) is 1.33. The van der Waals surface area contributed by atoms with Crippen LogP contribution in [0.3, 0.4) is 0 Å². The second kappa shape index (κ2) is 8.73. The summed E-state index contributed by atoms with van der Waals surface area (Å²) in [7, 11) is -3.46. The summed E-state index contributed by atoms with van der Waals surface area (Å²) in [6, 6.07) is 14.3. The van der Waals surface area contributed by atoms with Gasteiger partial charge in [-0.25, -0.2) is 12.7 Å². The van der Waals surface area contributed by atoms with E-state index < -0.39 is 10.0 Å². The van der Waals surface area contributed by atoms with Crippen molar-refractivity contribution in [2.75, 3.05) is 18.4 Å². The summed E-state index contributed by atoms with van der Waals surface area (Å²) in [6.45, 7) is 0.677. The average molecular weight is 472 g/mol. The number of amides is 1. The molecule has 1 heterocycles. The molecule has 0 atom stereocenters. The van der Waals surface area contributed by atoms with Gasteiger partial charge in [0.1, 0.15) is 0 Å². The SMILES string of the molecule is O=C(Nc1ccc(Br)cc1)C1CCN(S(=O)(=O)Cc2ccccc2Cl)CC1. The van der Waals surface area contributed by atoms with Crippen LogP contribution in [-0.4, -0.2) is 31.7 Å². The van der Waals surface area contributed by atoms with E-state index >= 15 is 0 Å². The minimum atomic E-state index is -3.46. The summed E-state index contributed by atoms with van der Waals surface area (Å²) >= 11 is 9.44. The lowest BCUT2D eigenvalue weighted by atomic mass is 9.97. The maximum atomic E-state index is 12.7. The molecule has 2 aromatic rings. The van der Waals surface area contributed by atoms with E-state index in [1.165, 1.54) is 4.31 Å². The summed E-state index contributed by atoms with van der Waals surface area (Å²) in [6.07, 6.45) is 1.01. The topological polar surface area (TPSA) is 66.5 Å². The maximum absolute atomic E-state index is 12.7. The predicted molar refractivity (Wildman–Crippen MR) is 111 cm³/mol. The van der Waals surface area contributed by atoms with Crippen LogP contribution in [0.4, 0.5) is 5.69 Å². The number of halogens is 2. The van der Waals surface area contributed by atoms with Gasteiger partial charge in [0, 0.05) is 34.2 Å². The molecule has 27 heavy (non-hydrogen) atoms. The number of hydrogen-bond donors (Lipinski definition) is 1. The minimum absolute atomic E-state index is 0.0690. The monoisotopic (exact) mass is 470 g/mol. The highest BCUT2D eigenvalue weighted by molar-refractivity contribution is 9.10. The first kappa shape index (κ1) is 20.3. The number of benzene rings is 2. The van der Waals surface area contributed by atoms with Crippen molar-refractivity contribution in [3.05, 3.63) is 63.6 Å². The third-order valence-electron chi connectivity index (χ3n) is 4.63. The van der Waals surface area contributed by atoms with Gasteiger partial charge in [0.15, 0.2) is 0 Å². The predicted octanol–water partition coefficient (Wildman–Crippen LogP) is 4.28. The van der Waals surface area contributed by atoms with Crippen LogP contribution in [0.15, 0.2) is 53.0 Å². The number of carbonyl (C=O) groups excluding carboxylic acids is 1. The van der Waals surface area contributed by atoms with Gasteiger partial charge in [0.05, 0.1) is 5.75 Å². The quantitative estimate of drug-likeness (QED) is 0.708. The third-order valence-corrected chi connectivity index (χ3v) is 7.35. The van der Waals surface area contributed by atoms with Crippen LogP contribution >= 0.6 is 27.5 Å². The Morgan fingerprint density at radius 2 is 1.74 bits per heavy atom. The first-order chi connectivity index (χ1) is 12.8. The molecule has 0 unspecified atom stereocenters. The molecule has 1 aliphatic rings. The Balaban J connectivity index is 1.57. The molecule has 5 nitrogen and oxygen atoms in total. The standard InChI is InChI=1S/C19H20BrClN2O3S/c20-16-5-7-17(8-6-16)22-19(24)14-9-11-23(12-10-14)27(25,26)13-15-3-1-2-4-18(15)21/h1-8,14H,9-13H2,(H,22,24). The van der Waals surface area contributed by atoms with Crippen molar-refractivity contribution in [2.45, 2.75) is 18.6 Å². The maximum Gasteiger partial charge on any atom is 0.227 e. The highest BCUT2D eigenvalue weighted by Gasteiger charge is 2.31. The molecule has 1 N–H and O–H groups in total. The number of carbonyl (C=O) groups is 1. The highest BCUT2D eigenvalue weighted by Crippen LogP contribution is 2.25. The van der Waals surface area contributed by atoms with Gasteiger partial charge in [-0.3, -0.25) is 4.79 Å². The second-order valence-electron chi connectivity index (χ2n) is 6.52. The van der Waals surface area contributed by atoms with E-state index in [0.717, 1.165) is 10.2 Å². The fourth-order valence-corrected chi connectivity index (χ4v) is 5.22. The van der Waals surface area contributed by atoms with E-state index in [0.29, 0.717) is 36.5 Å². The number of rotatable bonds is 5. The third kappa shape index (κ3) is 5.31. The lowest BCUT2D eigenvalue weighted by Gasteiger charge is -2.30. The van der Waals surface area contributed by atoms with Gasteiger partial charge >= 0.3 is 0 Å². The molecule has 0 aliphatic carbocycles. The molecule has 1 saturated heterocycles. The molecule has 0 aromatic heterocycles. The average Bonchev–Trinajstić information content (AvgIpc) is 2.65. The van der Waals surface area contributed by atoms with Crippen LogP contribution < -0.4 is 5.32 Å². The number of sulfonamides is 1. The molecule has 0 radical (unpaired) electrons. The number of anilines is 1. The van der Waals surface area contributed by atoms with E-state index in [2.05, 4.69) is 21.2 Å². The van der Waals surface area contributed by atoms with Crippen molar-refractivity contribution in [1.82, 2.24) is 4.31 Å². The first-order valence-electron chi connectivity index (χ1n) is 8.63. The van der Waals surface area contributed by atoms with Crippen molar-refractivity contribution in [1.29, 1.82) is 0 Å². The van der Waals surface area contributed by atoms with Gasteiger partial charge in [-0.05, 0) is 48.7 Å². The molecular weight excluding hydrogens is 452 g/mol. The molecule has 144 valence electrons. The van der Waals surface area contributed by atoms with Crippen LogP contribution in [0.1, 0.15) is 18.4 Å². The van der Waals surface area contributed by atoms with Gasteiger partial charge in [-0.1, -0.05) is 45.7 Å². The van der Waals surface area contributed by atoms with E-state index in [1.807, 2.05) is 24.3 Å². The summed E-state index contributed by atoms with van der Waals surface area (Å²) in [5.74, 6) is -0.386. The molecule has 2 aromatic carbocycles. The zero-order valence-electron chi connectivity index (χ0n) is 14.6. The summed E-state index contributed by atoms with van der Waals surface area (Å²) < 4.78 is 27.7. The normalized spacial score (nSPS) is 16.2. The summed E-state index contributed by atoms with van der Waals surface area (Å²) in [4.78, 5) is 12.4. The van der Waals surface area contributed by atoms with Crippen molar-refractivity contribution in [2.24, 2.45) is 5.92 Å². The Hall–Kier alpha value is -1.41. The number of piperidine rings is 1. The van der Waals surface area contributed by atoms with Crippen molar-refractivity contribution >= 4 is 49.1 Å². The molecule has 8 heteroatoms. The lowest BCUT2D eigenvalue weighted by molar-refractivity contribution is -0.120. The molecule has 1 amide bonds. The van der Waals surface area contributed by atoms with Crippen LogP contribution in [0, 0.1) is 5.92 Å². The van der Waals surface area contributed by atoms with Crippen molar-refractivity contribution in [3.8, 4) is 0 Å². The van der Waals surface area contributed by atoms with Crippen molar-refractivity contribution < 1.29 is 13.2 Å². The van der Waals surface area contributed by atoms with Crippen LogP contribution in [0.25, 0.3) is 0 Å². The highest BCUT2D eigenvalue weighted by atomic mass is 79.9. The fourth-order valence-electron chi connectivity index (χ4n) is 3.08. The molecule has 1 fully saturated rings. The Morgan fingerprint density at radius 1 is 1.11 bits per heavy atom. The zero-order chi connectivity index (χ0) is 19.4. The van der Waals surface area contributed by atoms with Crippen molar-refractivity contribution in [3.63, 3.8) is 0 Å². The van der Waals surface area contributed by atoms with Gasteiger partial charge in [-0.2, -0.15) is 0 Å². The largest absolute Gasteiger partial charge is 0.326 e. The number of nitrogens with zero attached hydrogens (tertiary/aromatic N) is 1. The molecular formula is C19H20BrClN2O3S. The van der Waals surface area contributed by atoms with E-state index in [9.17, 15) is 13.2 Å². The number of nitrogens with one attached hydrogen (secondary N) is 1. The van der Waals surface area contributed by atoms with Gasteiger partial charge in [0.2, 0.25) is 15.9 Å². The smallest absolute Gasteiger partial charge is 0.227 e. The Bertz CT molecular complexity index is 911. The molecule has 0 spiro atoms. The zero-order valence-corrected chi connectivity index (χ0v) is 17.7. The van der Waals surface area contributed by atoms with E-state index in [4.69, 9.17) is 11.6 Å². The number of hydrogen-bond acceptors (Lipinski definition) is 3. The lowest BCUT2D eigenvalue weighted by Crippen LogP contribution is -2.41. The van der Waals surface area contributed by atoms with E-state index in [-0.39, 0.29) is 17.6 Å². The summed E-state index contributed by atoms with van der Waals surface area (Å²) in [5, 5.41) is 3.34. The Kier molecular flexibility index (Phi) is 6.57. The Labute approximate surface area is 172 Å². The molecule has 1 aliphatic heterocycles. The molecule has 0 saturated carbocycles. The van der Waals surface area contributed by atoms with Gasteiger partial charge in [-0.15, -0.1) is 0 Å². The van der Waals surface area contributed by atoms with Crippen LogP contribution in [0.5, 0.6) is 0 Å². The molecule has 0 bridgehead atoms.